The van der Waals surface area contributed by atoms with Gasteiger partial charge in [-0.15, -0.1) is 11.3 Å². The summed E-state index contributed by atoms with van der Waals surface area (Å²) in [5, 5.41) is 12.6. The Hall–Kier alpha value is -4.28. The Kier molecular flexibility index (Phi) is 6.58. The zero-order valence-corrected chi connectivity index (χ0v) is 18.2. The number of carbonyl (C=O) groups excluding carboxylic acids is 1. The number of nitrogens with zero attached hydrogens (tertiary/aromatic N) is 2. The number of amides is 1. The van der Waals surface area contributed by atoms with E-state index in [1.54, 1.807) is 42.5 Å². The van der Waals surface area contributed by atoms with Gasteiger partial charge in [0.1, 0.15) is 16.5 Å². The molecule has 0 aliphatic rings. The quantitative estimate of drug-likeness (QED) is 0.503. The molecule has 0 radical (unpaired) electrons. The maximum Gasteiger partial charge on any atom is 0.273 e. The molecule has 3 aromatic carbocycles. The van der Waals surface area contributed by atoms with Crippen LogP contribution in [0.25, 0.3) is 17.3 Å². The fourth-order valence-corrected chi connectivity index (χ4v) is 4.34. The van der Waals surface area contributed by atoms with Gasteiger partial charge in [-0.2, -0.15) is 5.26 Å². The monoisotopic (exact) mass is 455 g/mol. The molecule has 1 aromatic heterocycles. The van der Waals surface area contributed by atoms with Crippen LogP contribution in [0.15, 0.2) is 89.7 Å². The topological polar surface area (TPSA) is 74.9 Å². The van der Waals surface area contributed by atoms with E-state index < -0.39 is 5.91 Å². The van der Waals surface area contributed by atoms with Gasteiger partial charge >= 0.3 is 0 Å². The summed E-state index contributed by atoms with van der Waals surface area (Å²) in [4.78, 5) is 26.2. The maximum absolute atomic E-state index is 13.3. The number of para-hydroxylation sites is 1. The van der Waals surface area contributed by atoms with Crippen LogP contribution in [0.2, 0.25) is 0 Å². The normalized spacial score (nSPS) is 12.2. The number of hydrogen-bond donors (Lipinski definition) is 1. The van der Waals surface area contributed by atoms with E-state index in [2.05, 4.69) is 5.32 Å². The summed E-state index contributed by atoms with van der Waals surface area (Å²) in [7, 11) is 0. The molecule has 0 aliphatic carbocycles. The van der Waals surface area contributed by atoms with Crippen LogP contribution in [0.4, 0.5) is 4.39 Å². The molecule has 1 heterocycles. The first kappa shape index (κ1) is 21.9. The Bertz CT molecular complexity index is 1500. The number of carbonyl (C=O) groups is 1. The lowest BCUT2D eigenvalue weighted by molar-refractivity contribution is -0.115. The second kappa shape index (κ2) is 9.90. The van der Waals surface area contributed by atoms with Crippen LogP contribution in [-0.4, -0.2) is 10.5 Å². The van der Waals surface area contributed by atoms with E-state index in [0.29, 0.717) is 15.8 Å². The zero-order chi connectivity index (χ0) is 23.2. The zero-order valence-electron chi connectivity index (χ0n) is 17.4. The molecule has 4 rings (SSSR count). The molecule has 1 amide bonds. The number of aromatic nitrogens is 1. The molecule has 0 bridgehead atoms. The fraction of sp³-hybridized carbons (Fsp3) is 0.0385. The highest BCUT2D eigenvalue weighted by Gasteiger charge is 2.16. The van der Waals surface area contributed by atoms with Crippen molar-refractivity contribution < 1.29 is 9.18 Å². The van der Waals surface area contributed by atoms with Gasteiger partial charge in [-0.05, 0) is 41.5 Å². The van der Waals surface area contributed by atoms with Crippen LogP contribution in [0, 0.1) is 17.1 Å². The third-order valence-electron chi connectivity index (χ3n) is 4.85. The Morgan fingerprint density at radius 1 is 1.00 bits per heavy atom. The van der Waals surface area contributed by atoms with Gasteiger partial charge < -0.3 is 5.32 Å². The molecule has 0 aliphatic heterocycles. The highest BCUT2D eigenvalue weighted by molar-refractivity contribution is 7.07. The number of nitrogens with one attached hydrogen (secondary N) is 1. The van der Waals surface area contributed by atoms with Crippen molar-refractivity contribution in [2.24, 2.45) is 0 Å². The van der Waals surface area contributed by atoms with Crippen molar-refractivity contribution in [2.75, 3.05) is 0 Å². The third kappa shape index (κ3) is 4.97. The number of hydrogen-bond acceptors (Lipinski definition) is 4. The van der Waals surface area contributed by atoms with Crippen molar-refractivity contribution in [2.45, 2.75) is 6.54 Å². The summed E-state index contributed by atoms with van der Waals surface area (Å²) >= 11 is 1.04. The number of halogens is 1. The van der Waals surface area contributed by atoms with Crippen molar-refractivity contribution in [1.29, 1.82) is 5.26 Å². The predicted octanol–water partition coefficient (Wildman–Crippen LogP) is 2.86. The molecule has 0 fully saturated rings. The van der Waals surface area contributed by atoms with Crippen LogP contribution >= 0.6 is 11.3 Å². The minimum atomic E-state index is -0.569. The van der Waals surface area contributed by atoms with Crippen molar-refractivity contribution in [3.8, 4) is 11.8 Å². The SMILES string of the molecule is N#CC(C(=O)NCc1ccccc1)=c1sc(=Cc2ccc(F)cc2)c(=O)n1-c1ccccc1. The van der Waals surface area contributed by atoms with Crippen molar-refractivity contribution in [3.63, 3.8) is 0 Å². The lowest BCUT2D eigenvalue weighted by atomic mass is 10.2. The number of benzene rings is 3. The summed E-state index contributed by atoms with van der Waals surface area (Å²) in [6.45, 7) is 0.250. The van der Waals surface area contributed by atoms with E-state index in [9.17, 15) is 19.2 Å². The number of nitriles is 1. The largest absolute Gasteiger partial charge is 0.347 e. The second-order valence-electron chi connectivity index (χ2n) is 7.10. The Balaban J connectivity index is 1.87. The van der Waals surface area contributed by atoms with Crippen LogP contribution in [0.1, 0.15) is 11.1 Å². The lowest BCUT2D eigenvalue weighted by Crippen LogP contribution is -2.33. The van der Waals surface area contributed by atoms with Crippen molar-refractivity contribution >= 4 is 28.9 Å². The van der Waals surface area contributed by atoms with Crippen molar-refractivity contribution in [1.82, 2.24) is 9.88 Å². The second-order valence-corrected chi connectivity index (χ2v) is 8.13. The van der Waals surface area contributed by atoms with Gasteiger partial charge in [0.15, 0.2) is 5.57 Å². The first-order chi connectivity index (χ1) is 16.1. The highest BCUT2D eigenvalue weighted by Crippen LogP contribution is 2.06. The van der Waals surface area contributed by atoms with Gasteiger partial charge in [0.2, 0.25) is 0 Å². The summed E-state index contributed by atoms with van der Waals surface area (Å²) in [6.07, 6.45) is 1.62. The summed E-state index contributed by atoms with van der Waals surface area (Å²) < 4.78 is 15.2. The standard InChI is InChI=1S/C26H18FN3O2S/c27-20-13-11-18(12-14-20)15-23-25(32)30(21-9-5-2-6-10-21)26(33-23)22(16-28)24(31)29-17-19-7-3-1-4-8-19/h1-15H,17H2,(H,29,31). The molecule has 7 heteroatoms. The molecule has 0 saturated heterocycles. The Labute approximate surface area is 193 Å². The van der Waals surface area contributed by atoms with E-state index in [1.165, 1.54) is 16.7 Å². The molecule has 0 unspecified atom stereocenters. The first-order valence-electron chi connectivity index (χ1n) is 10.1. The average molecular weight is 456 g/mol. The average Bonchev–Trinajstić information content (AvgIpc) is 3.16. The molecule has 4 aromatic rings. The highest BCUT2D eigenvalue weighted by atomic mass is 32.1. The third-order valence-corrected chi connectivity index (χ3v) is 5.95. The number of rotatable bonds is 5. The van der Waals surface area contributed by atoms with Gasteiger partial charge in [0.05, 0.1) is 10.2 Å². The van der Waals surface area contributed by atoms with Gasteiger partial charge in [-0.3, -0.25) is 14.2 Å². The lowest BCUT2D eigenvalue weighted by Gasteiger charge is -2.06. The van der Waals surface area contributed by atoms with E-state index in [4.69, 9.17) is 0 Å². The minimum absolute atomic E-state index is 0.157. The minimum Gasteiger partial charge on any atom is -0.347 e. The maximum atomic E-state index is 13.3. The van der Waals surface area contributed by atoms with E-state index in [1.807, 2.05) is 42.5 Å². The van der Waals surface area contributed by atoms with E-state index in [-0.39, 0.29) is 28.2 Å². The van der Waals surface area contributed by atoms with Crippen LogP contribution in [0.3, 0.4) is 0 Å². The van der Waals surface area contributed by atoms with Crippen LogP contribution in [-0.2, 0) is 11.3 Å². The smallest absolute Gasteiger partial charge is 0.273 e. The molecular formula is C26H18FN3O2S. The van der Waals surface area contributed by atoms with Gasteiger partial charge in [0.25, 0.3) is 11.5 Å². The van der Waals surface area contributed by atoms with Gasteiger partial charge in [0, 0.05) is 6.54 Å². The Morgan fingerprint density at radius 2 is 1.64 bits per heavy atom. The molecule has 1 N–H and O–H groups in total. The summed E-state index contributed by atoms with van der Waals surface area (Å²) in [6, 6.07) is 25.9. The van der Waals surface area contributed by atoms with Gasteiger partial charge in [-0.25, -0.2) is 4.39 Å². The summed E-state index contributed by atoms with van der Waals surface area (Å²) in [5.74, 6) is -0.948. The van der Waals surface area contributed by atoms with Crippen LogP contribution < -0.4 is 20.1 Å². The molecule has 0 atom stereocenters. The molecule has 0 spiro atoms. The van der Waals surface area contributed by atoms with E-state index >= 15 is 0 Å². The number of thiazole rings is 1. The van der Waals surface area contributed by atoms with Crippen LogP contribution in [0.5, 0.6) is 0 Å². The molecule has 0 saturated carbocycles. The molecule has 162 valence electrons. The van der Waals surface area contributed by atoms with Crippen molar-refractivity contribution in [3.05, 3.63) is 121 Å². The van der Waals surface area contributed by atoms with E-state index in [0.717, 1.165) is 16.9 Å². The summed E-state index contributed by atoms with van der Waals surface area (Å²) in [5.41, 5.74) is 1.54. The molecule has 5 nitrogen and oxygen atoms in total. The predicted molar refractivity (Wildman–Crippen MR) is 126 cm³/mol. The Morgan fingerprint density at radius 3 is 2.27 bits per heavy atom. The first-order valence-corrected chi connectivity index (χ1v) is 10.9. The molecule has 33 heavy (non-hydrogen) atoms. The van der Waals surface area contributed by atoms with Gasteiger partial charge in [-0.1, -0.05) is 60.7 Å². The molecular weight excluding hydrogens is 437 g/mol. The fourth-order valence-electron chi connectivity index (χ4n) is 3.23.